The number of halogens is 1. The molecule has 2 heterocycles. The first-order valence-electron chi connectivity index (χ1n) is 10.2. The predicted molar refractivity (Wildman–Crippen MR) is 129 cm³/mol. The molecule has 0 bridgehead atoms. The summed E-state index contributed by atoms with van der Waals surface area (Å²) in [6.07, 6.45) is 1.04. The molecule has 0 saturated carbocycles. The number of carboxylic acids is 1. The zero-order valence-corrected chi connectivity index (χ0v) is 21.0. The minimum atomic E-state index is -1.18. The van der Waals surface area contributed by atoms with E-state index in [1.54, 1.807) is 20.8 Å². The van der Waals surface area contributed by atoms with Crippen LogP contribution in [0.1, 0.15) is 55.2 Å². The van der Waals surface area contributed by atoms with Gasteiger partial charge in [-0.25, -0.2) is 14.0 Å². The van der Waals surface area contributed by atoms with Crippen LogP contribution in [0.2, 0.25) is 0 Å². The molecule has 4 N–H and O–H groups in total. The van der Waals surface area contributed by atoms with E-state index >= 15 is 4.39 Å². The van der Waals surface area contributed by atoms with Gasteiger partial charge in [0.15, 0.2) is 0 Å². The van der Waals surface area contributed by atoms with Gasteiger partial charge in [0, 0.05) is 37.3 Å². The van der Waals surface area contributed by atoms with E-state index in [1.807, 2.05) is 18.7 Å². The highest BCUT2D eigenvalue weighted by Crippen LogP contribution is 2.37. The summed E-state index contributed by atoms with van der Waals surface area (Å²) in [4.78, 5) is 28.7. The monoisotopic (exact) mass is 471 g/mol. The Hall–Kier alpha value is -2.38. The number of aliphatic hydroxyl groups excluding tert-OH is 1. The van der Waals surface area contributed by atoms with Crippen LogP contribution in [-0.2, 0) is 4.74 Å². The van der Waals surface area contributed by atoms with E-state index in [2.05, 4.69) is 10.3 Å². The molecule has 2 unspecified atom stereocenters. The third-order valence-electron chi connectivity index (χ3n) is 5.19. The number of aromatic carboxylic acids is 1. The van der Waals surface area contributed by atoms with Gasteiger partial charge in [0.2, 0.25) is 0 Å². The van der Waals surface area contributed by atoms with Gasteiger partial charge in [-0.1, -0.05) is 0 Å². The van der Waals surface area contributed by atoms with Crippen LogP contribution in [0, 0.1) is 19.7 Å². The number of nitrogens with zero attached hydrogens (tertiary/aromatic N) is 1. The molecule has 0 spiro atoms. The molecule has 32 heavy (non-hydrogen) atoms. The Morgan fingerprint density at radius 3 is 2.47 bits per heavy atom. The number of piperidine rings is 1. The van der Waals surface area contributed by atoms with E-state index in [0.29, 0.717) is 29.7 Å². The molecule has 3 rings (SSSR count). The summed E-state index contributed by atoms with van der Waals surface area (Å²) < 4.78 is 20.4. The predicted octanol–water partition coefficient (Wildman–Crippen LogP) is 3.78. The second-order valence-electron chi connectivity index (χ2n) is 8.62. The fourth-order valence-electron chi connectivity index (χ4n) is 3.85. The average Bonchev–Trinajstić information content (AvgIpc) is 2.96. The van der Waals surface area contributed by atoms with Crippen molar-refractivity contribution in [2.75, 3.05) is 25.1 Å². The van der Waals surface area contributed by atoms with Crippen LogP contribution in [0.4, 0.5) is 14.9 Å². The van der Waals surface area contributed by atoms with Crippen LogP contribution < -0.4 is 10.2 Å². The Balaban J connectivity index is 0.00000166. The molecule has 2 atom stereocenters. The zero-order valence-electron chi connectivity index (χ0n) is 19.6. The van der Waals surface area contributed by atoms with Crippen molar-refractivity contribution in [2.24, 2.45) is 0 Å². The number of amides is 1. The summed E-state index contributed by atoms with van der Waals surface area (Å²) >= 11 is 0. The highest BCUT2D eigenvalue weighted by atomic mass is 31.0. The van der Waals surface area contributed by atoms with Gasteiger partial charge in [0.25, 0.3) is 0 Å². The first-order valence-corrected chi connectivity index (χ1v) is 10.2. The van der Waals surface area contributed by atoms with Gasteiger partial charge in [-0.15, -0.1) is 0 Å². The minimum absolute atomic E-state index is 0. The quantitative estimate of drug-likeness (QED) is 0.507. The van der Waals surface area contributed by atoms with Gasteiger partial charge in [0.1, 0.15) is 11.4 Å². The number of rotatable bonds is 3. The molecule has 0 radical (unpaired) electrons. The van der Waals surface area contributed by atoms with Crippen molar-refractivity contribution in [1.29, 1.82) is 0 Å². The molecule has 1 aliphatic heterocycles. The molecule has 1 fully saturated rings. The van der Waals surface area contributed by atoms with Crippen molar-refractivity contribution in [3.05, 3.63) is 28.7 Å². The number of ether oxygens (including phenoxy) is 1. The Morgan fingerprint density at radius 1 is 1.28 bits per heavy atom. The van der Waals surface area contributed by atoms with Crippen molar-refractivity contribution < 1.29 is 28.9 Å². The van der Waals surface area contributed by atoms with E-state index in [4.69, 9.17) is 9.84 Å². The fraction of sp³-hybridized carbons (Fsp3) is 0.545. The van der Waals surface area contributed by atoms with Gasteiger partial charge < -0.3 is 30.2 Å². The van der Waals surface area contributed by atoms with E-state index in [0.717, 1.165) is 37.3 Å². The summed E-state index contributed by atoms with van der Waals surface area (Å²) in [6, 6.07) is 0.882. The van der Waals surface area contributed by atoms with Crippen molar-refractivity contribution in [3.63, 3.8) is 0 Å². The molecule has 0 aliphatic carbocycles. The Morgan fingerprint density at radius 2 is 1.91 bits per heavy atom. The normalized spacial score (nSPS) is 16.0. The highest BCUT2D eigenvalue weighted by molar-refractivity contribution is 6.92. The lowest BCUT2D eigenvalue weighted by Crippen LogP contribution is -2.49. The lowest BCUT2D eigenvalue weighted by molar-refractivity contribution is 0.0499. The number of aromatic amines is 1. The standard InChI is InChI=1S/C21H28FN3O4.CH4O.H3P/c1-11-12(2)23-17-14(19(26)27)9-15(22)18(16(11)17)25-8-6-7-13(10-25)24-20(28)29-21(3,4)5;1-2;/h9,13,23H,6-8,10H2,1-5H3,(H,24,28)(H,26,27);2H,1H3;1H3. The van der Waals surface area contributed by atoms with Gasteiger partial charge in [0.05, 0.1) is 16.8 Å². The maximum atomic E-state index is 15.1. The van der Waals surface area contributed by atoms with Gasteiger partial charge in [-0.2, -0.15) is 9.90 Å². The number of fused-ring (bicyclic) bond motifs is 1. The summed E-state index contributed by atoms with van der Waals surface area (Å²) in [7, 11) is 1.00. The third kappa shape index (κ3) is 6.11. The van der Waals surface area contributed by atoms with Gasteiger partial charge >= 0.3 is 12.1 Å². The average molecular weight is 472 g/mol. The topological polar surface area (TPSA) is 115 Å². The summed E-state index contributed by atoms with van der Waals surface area (Å²) in [6.45, 7) is 10.1. The second-order valence-corrected chi connectivity index (χ2v) is 8.62. The Kier molecular flexibility index (Phi) is 9.48. The number of carbonyl (C=O) groups excluding carboxylic acids is 1. The number of anilines is 1. The number of hydrogen-bond acceptors (Lipinski definition) is 5. The summed E-state index contributed by atoms with van der Waals surface area (Å²) in [5.41, 5.74) is 1.74. The van der Waals surface area contributed by atoms with E-state index in [-0.39, 0.29) is 21.5 Å². The SMILES string of the molecule is CO.Cc1[nH]c2c(C(=O)O)cc(F)c(N3CCCC(NC(=O)OC(C)(C)C)C3)c2c1C.P. The molecule has 1 aromatic carbocycles. The molecular formula is C22H35FN3O5P. The number of alkyl carbamates (subject to hydrolysis) is 1. The number of carboxylic acid groups (broad SMARTS) is 1. The number of aryl methyl sites for hydroxylation is 2. The molecule has 1 aliphatic rings. The van der Waals surface area contributed by atoms with E-state index in [1.165, 1.54) is 0 Å². The lowest BCUT2D eigenvalue weighted by Gasteiger charge is -2.35. The summed E-state index contributed by atoms with van der Waals surface area (Å²) in [5.74, 6) is -1.75. The molecule has 1 aromatic heterocycles. The van der Waals surface area contributed by atoms with Crippen LogP contribution in [0.15, 0.2) is 6.07 Å². The molecule has 180 valence electrons. The number of carbonyl (C=O) groups is 2. The number of benzene rings is 1. The molecule has 1 amide bonds. The molecule has 8 nitrogen and oxygen atoms in total. The zero-order chi connectivity index (χ0) is 23.5. The maximum Gasteiger partial charge on any atom is 0.407 e. The smallest absolute Gasteiger partial charge is 0.407 e. The summed E-state index contributed by atoms with van der Waals surface area (Å²) in [5, 5.41) is 19.9. The first kappa shape index (κ1) is 27.7. The number of hydrogen-bond donors (Lipinski definition) is 4. The van der Waals surface area contributed by atoms with Crippen LogP contribution in [0.25, 0.3) is 10.9 Å². The number of nitrogens with one attached hydrogen (secondary N) is 2. The van der Waals surface area contributed by atoms with Crippen LogP contribution in [0.3, 0.4) is 0 Å². The Bertz CT molecular complexity index is 971. The molecule has 1 saturated heterocycles. The van der Waals surface area contributed by atoms with E-state index < -0.39 is 23.5 Å². The van der Waals surface area contributed by atoms with Crippen LogP contribution in [-0.4, -0.2) is 59.1 Å². The van der Waals surface area contributed by atoms with E-state index in [9.17, 15) is 14.7 Å². The largest absolute Gasteiger partial charge is 0.478 e. The molecule has 10 heteroatoms. The fourth-order valence-corrected chi connectivity index (χ4v) is 3.85. The third-order valence-corrected chi connectivity index (χ3v) is 5.19. The molecular weight excluding hydrogens is 436 g/mol. The molecule has 2 aromatic rings. The first-order chi connectivity index (χ1) is 14.5. The van der Waals surface area contributed by atoms with Gasteiger partial charge in [-0.3, -0.25) is 0 Å². The van der Waals surface area contributed by atoms with Crippen molar-refractivity contribution in [2.45, 2.75) is 59.1 Å². The number of aliphatic hydroxyl groups is 1. The van der Waals surface area contributed by atoms with Crippen molar-refractivity contribution in [1.82, 2.24) is 10.3 Å². The maximum absolute atomic E-state index is 15.1. The van der Waals surface area contributed by atoms with Crippen molar-refractivity contribution >= 4 is 38.6 Å². The second kappa shape index (κ2) is 11.0. The lowest BCUT2D eigenvalue weighted by atomic mass is 10.0. The van der Waals surface area contributed by atoms with Crippen LogP contribution in [0.5, 0.6) is 0 Å². The van der Waals surface area contributed by atoms with Crippen molar-refractivity contribution in [3.8, 4) is 0 Å². The van der Waals surface area contributed by atoms with Gasteiger partial charge in [-0.05, 0) is 59.1 Å². The van der Waals surface area contributed by atoms with Crippen LogP contribution >= 0.6 is 9.90 Å². The number of aromatic nitrogens is 1. The highest BCUT2D eigenvalue weighted by Gasteiger charge is 2.29. The Labute approximate surface area is 191 Å². The minimum Gasteiger partial charge on any atom is -0.478 e. The number of H-pyrrole nitrogens is 1.